The molecular formula is C26H26N10O. The van der Waals surface area contributed by atoms with E-state index in [9.17, 15) is 4.79 Å². The van der Waals surface area contributed by atoms with Gasteiger partial charge in [-0.1, -0.05) is 0 Å². The van der Waals surface area contributed by atoms with Gasteiger partial charge in [0.2, 0.25) is 0 Å². The minimum atomic E-state index is -0.358. The Labute approximate surface area is 213 Å². The van der Waals surface area contributed by atoms with E-state index in [1.54, 1.807) is 41.6 Å². The largest absolute Gasteiger partial charge is 0.343 e. The number of aryl methyl sites for hydroxylation is 3. The van der Waals surface area contributed by atoms with Crippen LogP contribution in [0.1, 0.15) is 57.5 Å². The topological polar surface area (TPSA) is 140 Å². The Morgan fingerprint density at radius 2 is 1.86 bits per heavy atom. The van der Waals surface area contributed by atoms with Crippen molar-refractivity contribution in [3.8, 4) is 17.2 Å². The molecule has 0 aliphatic rings. The first kappa shape index (κ1) is 23.9. The summed E-state index contributed by atoms with van der Waals surface area (Å²) < 4.78 is 1.65. The number of hydrogen-bond donors (Lipinski definition) is 2. The van der Waals surface area contributed by atoms with Crippen LogP contribution in [0.4, 0.5) is 0 Å². The number of amides is 1. The smallest absolute Gasteiger partial charge is 0.270 e. The molecule has 5 rings (SSSR count). The average molecular weight is 495 g/mol. The van der Waals surface area contributed by atoms with Crippen molar-refractivity contribution < 1.29 is 4.79 Å². The van der Waals surface area contributed by atoms with Crippen molar-refractivity contribution in [3.63, 3.8) is 0 Å². The molecule has 11 nitrogen and oxygen atoms in total. The van der Waals surface area contributed by atoms with Crippen LogP contribution in [0.15, 0.2) is 55.2 Å². The predicted octanol–water partition coefficient (Wildman–Crippen LogP) is 3.24. The van der Waals surface area contributed by atoms with E-state index in [2.05, 4.69) is 45.5 Å². The number of aromatic amines is 1. The summed E-state index contributed by atoms with van der Waals surface area (Å²) in [4.78, 5) is 35.2. The van der Waals surface area contributed by atoms with Gasteiger partial charge < -0.3 is 5.32 Å². The monoisotopic (exact) mass is 494 g/mol. The first-order valence-electron chi connectivity index (χ1n) is 11.8. The van der Waals surface area contributed by atoms with Crippen molar-refractivity contribution in [2.75, 3.05) is 0 Å². The number of carbonyl (C=O) groups excluding carboxylic acids is 1. The van der Waals surface area contributed by atoms with Crippen LogP contribution in [-0.2, 0) is 6.42 Å². The van der Waals surface area contributed by atoms with Gasteiger partial charge in [0.05, 0.1) is 41.7 Å². The first-order chi connectivity index (χ1) is 17.8. The van der Waals surface area contributed by atoms with Crippen LogP contribution in [0.25, 0.3) is 17.2 Å². The molecule has 2 N–H and O–H groups in total. The van der Waals surface area contributed by atoms with Gasteiger partial charge in [-0.05, 0) is 57.5 Å². The lowest BCUT2D eigenvalue weighted by Crippen LogP contribution is -2.28. The summed E-state index contributed by atoms with van der Waals surface area (Å²) in [5.74, 6) is 0.846. The molecule has 0 bridgehead atoms. The lowest BCUT2D eigenvalue weighted by Gasteiger charge is -2.13. The molecule has 186 valence electrons. The van der Waals surface area contributed by atoms with E-state index in [1.165, 1.54) is 0 Å². The maximum Gasteiger partial charge on any atom is 0.270 e. The third-order valence-corrected chi connectivity index (χ3v) is 5.68. The fraction of sp³-hybridized carbons (Fsp3) is 0.231. The quantitative estimate of drug-likeness (QED) is 0.351. The maximum atomic E-state index is 12.8. The molecule has 0 saturated heterocycles. The molecule has 37 heavy (non-hydrogen) atoms. The Hall–Kier alpha value is -4.80. The fourth-order valence-corrected chi connectivity index (χ4v) is 3.82. The second-order valence-corrected chi connectivity index (χ2v) is 8.93. The number of rotatable bonds is 7. The molecule has 0 aromatic carbocycles. The molecule has 5 heterocycles. The molecule has 5 aromatic rings. The van der Waals surface area contributed by atoms with E-state index in [0.29, 0.717) is 23.8 Å². The zero-order valence-electron chi connectivity index (χ0n) is 21.0. The highest BCUT2D eigenvalue weighted by atomic mass is 16.1. The van der Waals surface area contributed by atoms with Gasteiger partial charge in [0.15, 0.2) is 11.6 Å². The number of H-pyrrole nitrogens is 1. The van der Waals surface area contributed by atoms with Crippen molar-refractivity contribution in [1.29, 1.82) is 0 Å². The first-order valence-corrected chi connectivity index (χ1v) is 11.8. The van der Waals surface area contributed by atoms with Gasteiger partial charge in [-0.3, -0.25) is 19.9 Å². The van der Waals surface area contributed by atoms with Crippen molar-refractivity contribution in [3.05, 3.63) is 95.0 Å². The number of aromatic nitrogens is 9. The van der Waals surface area contributed by atoms with Crippen LogP contribution < -0.4 is 5.32 Å². The summed E-state index contributed by atoms with van der Waals surface area (Å²) in [5, 5.41) is 14.4. The molecule has 1 atom stereocenters. The molecule has 0 radical (unpaired) electrons. The van der Waals surface area contributed by atoms with Gasteiger partial charge in [-0.15, -0.1) is 0 Å². The number of hydrogen-bond acceptors (Lipinski definition) is 8. The molecule has 0 fully saturated rings. The van der Waals surface area contributed by atoms with E-state index in [-0.39, 0.29) is 17.6 Å². The zero-order chi connectivity index (χ0) is 25.9. The zero-order valence-corrected chi connectivity index (χ0v) is 21.0. The summed E-state index contributed by atoms with van der Waals surface area (Å²) in [6.45, 7) is 7.69. The van der Waals surface area contributed by atoms with E-state index >= 15 is 0 Å². The van der Waals surface area contributed by atoms with Crippen LogP contribution in [0.3, 0.4) is 0 Å². The predicted molar refractivity (Wildman–Crippen MR) is 136 cm³/mol. The van der Waals surface area contributed by atoms with Gasteiger partial charge in [0, 0.05) is 35.8 Å². The van der Waals surface area contributed by atoms with Crippen LogP contribution in [0.2, 0.25) is 0 Å². The summed E-state index contributed by atoms with van der Waals surface area (Å²) in [5.41, 5.74) is 6.29. The molecule has 0 aliphatic carbocycles. The van der Waals surface area contributed by atoms with Gasteiger partial charge in [-0.25, -0.2) is 19.6 Å². The Bertz CT molecular complexity index is 1540. The molecule has 11 heteroatoms. The SMILES string of the molecule is Cc1cnn(-c2cnc([C@H](C)NC(=O)c3ccc(-c4nc(C)cc(Cc5cc(C)[nH]n5)n4)cn3)cn2)c1. The molecule has 0 unspecified atom stereocenters. The van der Waals surface area contributed by atoms with E-state index in [0.717, 1.165) is 33.9 Å². The molecule has 0 aliphatic heterocycles. The third kappa shape index (κ3) is 5.56. The second-order valence-electron chi connectivity index (χ2n) is 8.93. The van der Waals surface area contributed by atoms with Crippen LogP contribution >= 0.6 is 0 Å². The van der Waals surface area contributed by atoms with E-state index < -0.39 is 0 Å². The van der Waals surface area contributed by atoms with Crippen molar-refractivity contribution in [2.24, 2.45) is 0 Å². The number of nitrogens with one attached hydrogen (secondary N) is 2. The number of carbonyl (C=O) groups is 1. The summed E-state index contributed by atoms with van der Waals surface area (Å²) in [7, 11) is 0. The summed E-state index contributed by atoms with van der Waals surface area (Å²) in [6.07, 6.45) is 9.08. The molecular weight excluding hydrogens is 468 g/mol. The summed E-state index contributed by atoms with van der Waals surface area (Å²) in [6, 6.07) is 7.03. The number of pyridine rings is 1. The summed E-state index contributed by atoms with van der Waals surface area (Å²) >= 11 is 0. The minimum absolute atomic E-state index is 0.284. The minimum Gasteiger partial charge on any atom is -0.343 e. The molecule has 0 saturated carbocycles. The lowest BCUT2D eigenvalue weighted by atomic mass is 10.1. The molecule has 1 amide bonds. The normalized spacial score (nSPS) is 11.9. The molecule has 5 aromatic heterocycles. The standard InChI is InChI=1S/C26H26N10O/c1-15-10-30-36(14-15)24-13-28-23(12-29-24)18(4)32-26(37)22-6-5-19(11-27-22)25-31-16(2)7-20(33-25)9-21-8-17(3)34-35-21/h5-8,10-14,18H,9H2,1-4H3,(H,32,37)(H,34,35)/t18-/m0/s1. The average Bonchev–Trinajstić information content (AvgIpc) is 3.51. The highest BCUT2D eigenvalue weighted by Gasteiger charge is 2.15. The number of nitrogens with zero attached hydrogens (tertiary/aromatic N) is 8. The van der Waals surface area contributed by atoms with Crippen LogP contribution in [-0.4, -0.2) is 50.8 Å². The van der Waals surface area contributed by atoms with Crippen LogP contribution in [0.5, 0.6) is 0 Å². The Balaban J connectivity index is 1.25. The van der Waals surface area contributed by atoms with Gasteiger partial charge >= 0.3 is 0 Å². The van der Waals surface area contributed by atoms with Crippen molar-refractivity contribution in [2.45, 2.75) is 40.2 Å². The lowest BCUT2D eigenvalue weighted by molar-refractivity contribution is 0.0934. The Morgan fingerprint density at radius 1 is 1.00 bits per heavy atom. The van der Waals surface area contributed by atoms with Crippen molar-refractivity contribution in [1.82, 2.24) is 50.2 Å². The van der Waals surface area contributed by atoms with Crippen LogP contribution in [0, 0.1) is 20.8 Å². The Morgan fingerprint density at radius 3 is 2.51 bits per heavy atom. The third-order valence-electron chi connectivity index (χ3n) is 5.68. The second kappa shape index (κ2) is 10.1. The van der Waals surface area contributed by atoms with E-state index in [1.807, 2.05) is 46.0 Å². The van der Waals surface area contributed by atoms with Gasteiger partial charge in [0.25, 0.3) is 5.91 Å². The Kier molecular flexibility index (Phi) is 6.50. The fourth-order valence-electron chi connectivity index (χ4n) is 3.82. The van der Waals surface area contributed by atoms with Crippen molar-refractivity contribution >= 4 is 5.91 Å². The van der Waals surface area contributed by atoms with Gasteiger partial charge in [0.1, 0.15) is 5.69 Å². The highest BCUT2D eigenvalue weighted by molar-refractivity contribution is 5.92. The van der Waals surface area contributed by atoms with E-state index in [4.69, 9.17) is 0 Å². The maximum absolute atomic E-state index is 12.8. The van der Waals surface area contributed by atoms with Gasteiger partial charge in [-0.2, -0.15) is 10.2 Å². The highest BCUT2D eigenvalue weighted by Crippen LogP contribution is 2.18. The molecule has 0 spiro atoms.